The van der Waals surface area contributed by atoms with E-state index in [0.717, 1.165) is 16.5 Å². The van der Waals surface area contributed by atoms with E-state index in [9.17, 15) is 4.79 Å². The molecule has 0 atom stereocenters. The highest BCUT2D eigenvalue weighted by Crippen LogP contribution is 2.42. The number of hydrogen-bond acceptors (Lipinski definition) is 6. The van der Waals surface area contributed by atoms with E-state index in [0.29, 0.717) is 60.7 Å². The highest BCUT2D eigenvalue weighted by molar-refractivity contribution is 9.13. The third-order valence-electron chi connectivity index (χ3n) is 6.55. The summed E-state index contributed by atoms with van der Waals surface area (Å²) in [5, 5.41) is 5.94. The van der Waals surface area contributed by atoms with Gasteiger partial charge >= 0.3 is 0 Å². The number of benzene rings is 4. The van der Waals surface area contributed by atoms with Crippen molar-refractivity contribution in [3.63, 3.8) is 0 Å². The van der Waals surface area contributed by atoms with Crippen LogP contribution in [0.25, 0.3) is 33.5 Å². The molecule has 0 amide bonds. The molecule has 0 saturated heterocycles. The Hall–Kier alpha value is -4.21. The van der Waals surface area contributed by atoms with Crippen LogP contribution in [-0.4, -0.2) is 23.0 Å². The molecule has 0 saturated carbocycles. The van der Waals surface area contributed by atoms with Gasteiger partial charge in [-0.3, -0.25) is 4.79 Å². The molecule has 0 bridgehead atoms. The molecule has 4 aromatic carbocycles. The average Bonchev–Trinajstić information content (AvgIpc) is 3.42. The molecule has 0 fully saturated rings. The van der Waals surface area contributed by atoms with Crippen molar-refractivity contribution in [2.24, 2.45) is 5.10 Å². The van der Waals surface area contributed by atoms with Gasteiger partial charge in [0.15, 0.2) is 17.3 Å². The summed E-state index contributed by atoms with van der Waals surface area (Å²) in [6, 6.07) is 26.6. The van der Waals surface area contributed by atoms with Crippen molar-refractivity contribution in [3.05, 3.63) is 121 Å². The Bertz CT molecular complexity index is 1980. The molecule has 0 aliphatic carbocycles. The van der Waals surface area contributed by atoms with Gasteiger partial charge in [-0.25, -0.2) is 4.98 Å². The largest absolute Gasteiger partial charge is 0.493 e. The molecule has 41 heavy (non-hydrogen) atoms. The number of furan rings is 1. The molecule has 204 valence electrons. The lowest BCUT2D eigenvalue weighted by Crippen LogP contribution is -2.20. The van der Waals surface area contributed by atoms with E-state index in [2.05, 4.69) is 43.0 Å². The van der Waals surface area contributed by atoms with E-state index >= 15 is 0 Å². The maximum atomic E-state index is 13.6. The smallest absolute Gasteiger partial charge is 0.282 e. The number of methoxy groups -OCH3 is 1. The lowest BCUT2D eigenvalue weighted by molar-refractivity contribution is 0.282. The second-order valence-corrected chi connectivity index (χ2v) is 11.0. The lowest BCUT2D eigenvalue weighted by Gasteiger charge is -2.15. The van der Waals surface area contributed by atoms with Gasteiger partial charge in [0.05, 0.1) is 28.7 Å². The second kappa shape index (κ2) is 11.3. The number of aromatic nitrogens is 2. The maximum Gasteiger partial charge on any atom is 0.282 e. The molecular formula is C32H23Br2N3O4. The fourth-order valence-corrected chi connectivity index (χ4v) is 5.48. The minimum Gasteiger partial charge on any atom is -0.493 e. The molecule has 2 heterocycles. The van der Waals surface area contributed by atoms with E-state index in [1.54, 1.807) is 37.6 Å². The number of halogens is 2. The topological polar surface area (TPSA) is 78.9 Å². The summed E-state index contributed by atoms with van der Waals surface area (Å²) in [5.41, 5.74) is 3.79. The minimum absolute atomic E-state index is 0.293. The number of rotatable bonds is 7. The highest BCUT2D eigenvalue weighted by atomic mass is 79.9. The summed E-state index contributed by atoms with van der Waals surface area (Å²) in [4.78, 5) is 18.4. The van der Waals surface area contributed by atoms with Gasteiger partial charge in [0.2, 0.25) is 5.82 Å². The molecule has 0 unspecified atom stereocenters. The Morgan fingerprint density at radius 1 is 0.976 bits per heavy atom. The van der Waals surface area contributed by atoms with Crippen LogP contribution in [0.3, 0.4) is 0 Å². The molecule has 6 rings (SSSR count). The first kappa shape index (κ1) is 27.0. The summed E-state index contributed by atoms with van der Waals surface area (Å²) >= 11 is 7.30. The van der Waals surface area contributed by atoms with Crippen molar-refractivity contribution in [1.29, 1.82) is 0 Å². The van der Waals surface area contributed by atoms with E-state index in [4.69, 9.17) is 18.9 Å². The van der Waals surface area contributed by atoms with Crippen molar-refractivity contribution >= 4 is 59.9 Å². The molecule has 0 aliphatic heterocycles. The monoisotopic (exact) mass is 671 g/mol. The quantitative estimate of drug-likeness (QED) is 0.160. The van der Waals surface area contributed by atoms with Crippen molar-refractivity contribution < 1.29 is 13.9 Å². The van der Waals surface area contributed by atoms with Crippen LogP contribution in [0.2, 0.25) is 0 Å². The van der Waals surface area contributed by atoms with Crippen molar-refractivity contribution in [3.8, 4) is 23.1 Å². The van der Waals surface area contributed by atoms with Crippen molar-refractivity contribution in [2.75, 3.05) is 7.11 Å². The first-order valence-electron chi connectivity index (χ1n) is 12.7. The molecule has 7 nitrogen and oxygen atoms in total. The average molecular weight is 673 g/mol. The highest BCUT2D eigenvalue weighted by Gasteiger charge is 2.19. The molecule has 0 aliphatic rings. The summed E-state index contributed by atoms with van der Waals surface area (Å²) in [5.74, 6) is 1.78. The zero-order valence-electron chi connectivity index (χ0n) is 22.1. The van der Waals surface area contributed by atoms with Gasteiger partial charge in [0.1, 0.15) is 12.2 Å². The minimum atomic E-state index is -0.317. The fourth-order valence-electron chi connectivity index (χ4n) is 4.54. The summed E-state index contributed by atoms with van der Waals surface area (Å²) in [6.07, 6.45) is 1.58. The van der Waals surface area contributed by atoms with Crippen LogP contribution in [0.5, 0.6) is 11.5 Å². The van der Waals surface area contributed by atoms with Crippen LogP contribution >= 0.6 is 31.9 Å². The van der Waals surface area contributed by atoms with Crippen LogP contribution in [-0.2, 0) is 6.61 Å². The maximum absolute atomic E-state index is 13.6. The molecule has 0 radical (unpaired) electrons. The molecule has 0 spiro atoms. The molecule has 0 N–H and O–H groups in total. The number of hydrogen-bond donors (Lipinski definition) is 0. The first-order chi connectivity index (χ1) is 19.9. The Morgan fingerprint density at radius 3 is 2.59 bits per heavy atom. The number of nitrogens with zero attached hydrogens (tertiary/aromatic N) is 3. The Morgan fingerprint density at radius 2 is 1.78 bits per heavy atom. The Balaban J connectivity index is 1.42. The summed E-state index contributed by atoms with van der Waals surface area (Å²) in [7, 11) is 1.58. The van der Waals surface area contributed by atoms with Crippen molar-refractivity contribution in [2.45, 2.75) is 13.5 Å². The second-order valence-electron chi connectivity index (χ2n) is 9.37. The van der Waals surface area contributed by atoms with Crippen LogP contribution in [0.1, 0.15) is 16.7 Å². The lowest BCUT2D eigenvalue weighted by atomic mass is 10.1. The van der Waals surface area contributed by atoms with Gasteiger partial charge in [-0.15, -0.1) is 0 Å². The van der Waals surface area contributed by atoms with Crippen molar-refractivity contribution in [1.82, 2.24) is 9.66 Å². The van der Waals surface area contributed by atoms with E-state index < -0.39 is 0 Å². The van der Waals surface area contributed by atoms with Crippen LogP contribution in [0.4, 0.5) is 0 Å². The van der Waals surface area contributed by atoms with Gasteiger partial charge in [0.25, 0.3) is 5.56 Å². The first-order valence-corrected chi connectivity index (χ1v) is 14.3. The van der Waals surface area contributed by atoms with Crippen LogP contribution in [0.15, 0.2) is 108 Å². The summed E-state index contributed by atoms with van der Waals surface area (Å²) < 4.78 is 20.5. The molecule has 9 heteroatoms. The van der Waals surface area contributed by atoms with Gasteiger partial charge in [-0.2, -0.15) is 9.78 Å². The summed E-state index contributed by atoms with van der Waals surface area (Å²) in [6.45, 7) is 2.41. The molecule has 2 aromatic heterocycles. The number of aryl methyl sites for hydroxylation is 1. The van der Waals surface area contributed by atoms with Gasteiger partial charge in [-0.1, -0.05) is 60.2 Å². The normalized spacial score (nSPS) is 11.5. The Labute approximate surface area is 252 Å². The predicted octanol–water partition coefficient (Wildman–Crippen LogP) is 8.11. The molecule has 6 aromatic rings. The Kier molecular flexibility index (Phi) is 7.47. The van der Waals surface area contributed by atoms with Crippen LogP contribution < -0.4 is 15.0 Å². The zero-order chi connectivity index (χ0) is 28.5. The predicted molar refractivity (Wildman–Crippen MR) is 168 cm³/mol. The SMILES string of the molecule is COc1cc(C=Nn2c(-c3cc4ccccc4o3)nc3ccccc3c2=O)c(Br)c(Br)c1OCc1cccc(C)c1. The fraction of sp³-hybridized carbons (Fsp3) is 0.0938. The van der Waals surface area contributed by atoms with E-state index in [1.165, 1.54) is 4.68 Å². The van der Waals surface area contributed by atoms with Crippen LogP contribution in [0, 0.1) is 6.92 Å². The standard InChI is InChI=1S/C32H23Br2N3O4/c1-19-8-7-9-20(14-19)18-40-30-26(39-2)16-22(28(33)29(30)34)17-35-37-31(27-15-21-10-3-6-13-25(21)41-27)36-24-12-5-4-11-23(24)32(37)38/h3-17H,18H2,1-2H3. The number of fused-ring (bicyclic) bond motifs is 2. The van der Waals surface area contributed by atoms with Gasteiger partial charge < -0.3 is 13.9 Å². The van der Waals surface area contributed by atoms with Gasteiger partial charge in [0, 0.05) is 15.4 Å². The third-order valence-corrected chi connectivity index (χ3v) is 8.70. The van der Waals surface area contributed by atoms with E-state index in [-0.39, 0.29) is 5.56 Å². The number of ether oxygens (including phenoxy) is 2. The number of para-hydroxylation sites is 2. The zero-order valence-corrected chi connectivity index (χ0v) is 25.3. The molecular weight excluding hydrogens is 650 g/mol. The third kappa shape index (κ3) is 5.30. The van der Waals surface area contributed by atoms with E-state index in [1.807, 2.05) is 61.5 Å². The van der Waals surface area contributed by atoms with Gasteiger partial charge in [-0.05, 0) is 74.7 Å².